The molecule has 0 aromatic heterocycles. The van der Waals surface area contributed by atoms with Crippen molar-refractivity contribution in [2.45, 2.75) is 31.7 Å². The van der Waals surface area contributed by atoms with Gasteiger partial charge in [0.05, 0.1) is 18.8 Å². The lowest BCUT2D eigenvalue weighted by Gasteiger charge is -2.34. The average Bonchev–Trinajstić information content (AvgIpc) is 2.82. The van der Waals surface area contributed by atoms with Crippen molar-refractivity contribution in [3.63, 3.8) is 0 Å². The Balaban J connectivity index is 1.82. The summed E-state index contributed by atoms with van der Waals surface area (Å²) in [4.78, 5) is 2.02. The summed E-state index contributed by atoms with van der Waals surface area (Å²) in [6, 6.07) is 5.39. The number of rotatable bonds is 4. The van der Waals surface area contributed by atoms with E-state index in [1.54, 1.807) is 7.11 Å². The van der Waals surface area contributed by atoms with Crippen molar-refractivity contribution in [2.75, 3.05) is 26.9 Å². The minimum Gasteiger partial charge on any atom is -0.486 e. The molecule has 0 amide bonds. The van der Waals surface area contributed by atoms with Gasteiger partial charge in [-0.25, -0.2) is 0 Å². The van der Waals surface area contributed by atoms with E-state index in [4.69, 9.17) is 18.9 Å². The van der Waals surface area contributed by atoms with Crippen molar-refractivity contribution in [2.24, 2.45) is 0 Å². The van der Waals surface area contributed by atoms with E-state index in [-0.39, 0.29) is 6.04 Å². The van der Waals surface area contributed by atoms with E-state index in [0.29, 0.717) is 33.2 Å². The van der Waals surface area contributed by atoms with Crippen LogP contribution in [0, 0.1) is 0 Å². The topological polar surface area (TPSA) is 60.4 Å². The minimum absolute atomic E-state index is 0.169. The lowest BCUT2D eigenvalue weighted by Crippen LogP contribution is -2.49. The van der Waals surface area contributed by atoms with E-state index in [1.165, 1.54) is 0 Å². The standard InChI is InChI=1S/C15H22BNO5/c1-15(2)17(16-19-3)11(9-22-15)14(18)10-4-5-12-13(8-10)21-7-6-20-12/h4-5,8,11,14,16,18H,6-7,9H2,1-3H3/t11-,14-/m1/s1. The monoisotopic (exact) mass is 307 g/mol. The van der Waals surface area contributed by atoms with Gasteiger partial charge in [-0.2, -0.15) is 0 Å². The largest absolute Gasteiger partial charge is 0.486 e. The van der Waals surface area contributed by atoms with Crippen molar-refractivity contribution in [3.8, 4) is 11.5 Å². The third-order valence-corrected chi connectivity index (χ3v) is 4.24. The van der Waals surface area contributed by atoms with E-state index >= 15 is 0 Å². The zero-order valence-corrected chi connectivity index (χ0v) is 13.2. The Morgan fingerprint density at radius 3 is 2.77 bits per heavy atom. The quantitative estimate of drug-likeness (QED) is 0.832. The van der Waals surface area contributed by atoms with Crippen LogP contribution in [0.3, 0.4) is 0 Å². The highest BCUT2D eigenvalue weighted by molar-refractivity contribution is 6.23. The van der Waals surface area contributed by atoms with Gasteiger partial charge in [-0.3, -0.25) is 4.81 Å². The second-order valence-electron chi connectivity index (χ2n) is 6.06. The zero-order valence-electron chi connectivity index (χ0n) is 13.2. The third-order valence-electron chi connectivity index (χ3n) is 4.24. The summed E-state index contributed by atoms with van der Waals surface area (Å²) in [5, 5.41) is 10.8. The molecule has 22 heavy (non-hydrogen) atoms. The van der Waals surface area contributed by atoms with Gasteiger partial charge in [-0.1, -0.05) is 6.07 Å². The number of fused-ring (bicyclic) bond motifs is 1. The van der Waals surface area contributed by atoms with Crippen molar-refractivity contribution < 1.29 is 24.0 Å². The van der Waals surface area contributed by atoms with Crippen LogP contribution in [0.4, 0.5) is 0 Å². The number of aliphatic hydroxyl groups excluding tert-OH is 1. The van der Waals surface area contributed by atoms with Crippen LogP contribution in [0.5, 0.6) is 11.5 Å². The van der Waals surface area contributed by atoms with E-state index in [1.807, 2.05) is 36.9 Å². The number of benzene rings is 1. The molecule has 1 saturated heterocycles. The fourth-order valence-corrected chi connectivity index (χ4v) is 2.98. The maximum atomic E-state index is 10.8. The Hall–Kier alpha value is -1.28. The highest BCUT2D eigenvalue weighted by Gasteiger charge is 2.44. The Labute approximate surface area is 131 Å². The highest BCUT2D eigenvalue weighted by atomic mass is 16.6. The van der Waals surface area contributed by atoms with E-state index in [2.05, 4.69) is 0 Å². The smallest absolute Gasteiger partial charge is 0.365 e. The fourth-order valence-electron chi connectivity index (χ4n) is 2.98. The summed E-state index contributed by atoms with van der Waals surface area (Å²) in [6.45, 7) is 5.49. The molecule has 1 N–H and O–H groups in total. The third kappa shape index (κ3) is 2.81. The summed E-state index contributed by atoms with van der Waals surface area (Å²) in [7, 11) is 2.04. The van der Waals surface area contributed by atoms with Crippen LogP contribution >= 0.6 is 0 Å². The van der Waals surface area contributed by atoms with Gasteiger partial charge < -0.3 is 24.0 Å². The van der Waals surface area contributed by atoms with Crippen LogP contribution in [0.15, 0.2) is 18.2 Å². The number of nitrogens with zero attached hydrogens (tertiary/aromatic N) is 1. The number of hydrogen-bond donors (Lipinski definition) is 1. The minimum atomic E-state index is -0.687. The summed E-state index contributed by atoms with van der Waals surface area (Å²) < 4.78 is 22.2. The van der Waals surface area contributed by atoms with Gasteiger partial charge in [0.2, 0.25) is 0 Å². The number of ether oxygens (including phenoxy) is 3. The summed E-state index contributed by atoms with van der Waals surface area (Å²) in [6.07, 6.45) is -0.687. The van der Waals surface area contributed by atoms with Gasteiger partial charge in [-0.15, -0.1) is 0 Å². The molecule has 6 nitrogen and oxygen atoms in total. The Bertz CT molecular complexity index is 539. The molecule has 1 aromatic carbocycles. The molecule has 1 aromatic rings. The predicted octanol–water partition coefficient (Wildman–Crippen LogP) is 0.841. The molecule has 1 fully saturated rings. The Morgan fingerprint density at radius 1 is 1.32 bits per heavy atom. The summed E-state index contributed by atoms with van der Waals surface area (Å²) >= 11 is 0. The van der Waals surface area contributed by atoms with Gasteiger partial charge in [0.25, 0.3) is 0 Å². The lowest BCUT2D eigenvalue weighted by atomic mass is 9.96. The van der Waals surface area contributed by atoms with Crippen LogP contribution in [0.2, 0.25) is 0 Å². The maximum absolute atomic E-state index is 10.8. The van der Waals surface area contributed by atoms with Crippen LogP contribution in [-0.4, -0.2) is 56.2 Å². The Kier molecular flexibility index (Phi) is 4.32. The second-order valence-corrected chi connectivity index (χ2v) is 6.06. The van der Waals surface area contributed by atoms with Crippen LogP contribution in [0.25, 0.3) is 0 Å². The summed E-state index contributed by atoms with van der Waals surface area (Å²) in [5.74, 6) is 1.40. The molecule has 0 unspecified atom stereocenters. The van der Waals surface area contributed by atoms with Crippen molar-refractivity contribution in [1.82, 2.24) is 4.81 Å². The first-order valence-corrected chi connectivity index (χ1v) is 7.50. The van der Waals surface area contributed by atoms with Gasteiger partial charge >= 0.3 is 7.62 Å². The molecule has 120 valence electrons. The molecule has 7 heteroatoms. The van der Waals surface area contributed by atoms with Crippen molar-refractivity contribution in [3.05, 3.63) is 23.8 Å². The second kappa shape index (κ2) is 6.08. The molecule has 0 bridgehead atoms. The van der Waals surface area contributed by atoms with E-state index < -0.39 is 11.8 Å². The summed E-state index contributed by atoms with van der Waals surface area (Å²) in [5.41, 5.74) is 0.326. The highest BCUT2D eigenvalue weighted by Crippen LogP contribution is 2.37. The predicted molar refractivity (Wildman–Crippen MR) is 82.2 cm³/mol. The van der Waals surface area contributed by atoms with Gasteiger partial charge in [0.1, 0.15) is 18.9 Å². The molecule has 2 heterocycles. The number of aliphatic hydroxyl groups is 1. The molecular weight excluding hydrogens is 285 g/mol. The first-order valence-electron chi connectivity index (χ1n) is 7.50. The van der Waals surface area contributed by atoms with Crippen LogP contribution < -0.4 is 9.47 Å². The van der Waals surface area contributed by atoms with Crippen molar-refractivity contribution in [1.29, 1.82) is 0 Å². The molecule has 2 atom stereocenters. The molecule has 0 spiro atoms. The van der Waals surface area contributed by atoms with Crippen LogP contribution in [-0.2, 0) is 9.39 Å². The Morgan fingerprint density at radius 2 is 2.05 bits per heavy atom. The zero-order chi connectivity index (χ0) is 15.7. The first-order chi connectivity index (χ1) is 10.5. The van der Waals surface area contributed by atoms with Crippen molar-refractivity contribution >= 4 is 7.62 Å². The fraction of sp³-hybridized carbons (Fsp3) is 0.600. The molecule has 2 aliphatic rings. The normalized spacial score (nSPS) is 25.0. The van der Waals surface area contributed by atoms with E-state index in [9.17, 15) is 5.11 Å². The maximum Gasteiger partial charge on any atom is 0.365 e. The molecular formula is C15H22BNO5. The molecule has 0 radical (unpaired) electrons. The molecule has 0 aliphatic carbocycles. The average molecular weight is 307 g/mol. The van der Waals surface area contributed by atoms with Gasteiger partial charge in [0, 0.05) is 7.11 Å². The van der Waals surface area contributed by atoms with Gasteiger partial charge in [-0.05, 0) is 31.5 Å². The van der Waals surface area contributed by atoms with Crippen LogP contribution in [0.1, 0.15) is 25.5 Å². The molecule has 0 saturated carbocycles. The molecule has 3 rings (SSSR count). The first kappa shape index (κ1) is 15.6. The molecule has 2 aliphatic heterocycles. The van der Waals surface area contributed by atoms with E-state index in [0.717, 1.165) is 11.3 Å². The lowest BCUT2D eigenvalue weighted by molar-refractivity contribution is -0.0244. The SMILES string of the molecule is COBN1[C@@H]([C@H](O)c2ccc3c(c2)OCCO3)COC1(C)C. The van der Waals surface area contributed by atoms with Gasteiger partial charge in [0.15, 0.2) is 11.5 Å². The number of hydrogen-bond acceptors (Lipinski definition) is 6.